The molecular weight excluding hydrogens is 199 g/mol. The molecule has 0 saturated carbocycles. The van der Waals surface area contributed by atoms with Gasteiger partial charge in [0, 0.05) is 6.42 Å². The average Bonchev–Trinajstić information content (AvgIpc) is 2.07. The highest BCUT2D eigenvalue weighted by Gasteiger charge is 2.28. The highest BCUT2D eigenvalue weighted by atomic mass is 31.2. The number of aliphatic hydroxyl groups is 2. The maximum atomic E-state index is 9.21. The van der Waals surface area contributed by atoms with Crippen molar-refractivity contribution in [3.8, 4) is 0 Å². The summed E-state index contributed by atoms with van der Waals surface area (Å²) in [5.41, 5.74) is 0. The van der Waals surface area contributed by atoms with Crippen LogP contribution in [0.3, 0.4) is 0 Å². The number of ether oxygens (including phenoxy) is 1. The Labute approximate surface area is 76.7 Å². The molecule has 6 nitrogen and oxygen atoms in total. The summed E-state index contributed by atoms with van der Waals surface area (Å²) in [5.74, 6) is 0. The normalized spacial score (nSPS) is 35.3. The van der Waals surface area contributed by atoms with Crippen molar-refractivity contribution in [2.24, 2.45) is 0 Å². The highest BCUT2D eigenvalue weighted by molar-refractivity contribution is 7.39. The van der Waals surface area contributed by atoms with Crippen LogP contribution in [0.25, 0.3) is 0 Å². The van der Waals surface area contributed by atoms with Crippen molar-refractivity contribution in [1.82, 2.24) is 0 Å². The minimum atomic E-state index is -2.37. The molecule has 0 aliphatic carbocycles. The van der Waals surface area contributed by atoms with Gasteiger partial charge < -0.3 is 29.3 Å². The summed E-state index contributed by atoms with van der Waals surface area (Å²) in [6, 6.07) is 0. The Bertz CT molecular complexity index is 154. The van der Waals surface area contributed by atoms with Gasteiger partial charge in [0.05, 0.1) is 25.4 Å². The molecule has 0 aromatic rings. The van der Waals surface area contributed by atoms with E-state index in [0.29, 0.717) is 0 Å². The molecule has 3 unspecified atom stereocenters. The molecule has 1 aliphatic rings. The van der Waals surface area contributed by atoms with Crippen molar-refractivity contribution in [1.29, 1.82) is 0 Å². The van der Waals surface area contributed by atoms with Crippen molar-refractivity contribution in [3.05, 3.63) is 0 Å². The quantitative estimate of drug-likeness (QED) is 0.435. The molecule has 1 rings (SSSR count). The van der Waals surface area contributed by atoms with E-state index < -0.39 is 20.8 Å². The Kier molecular flexibility index (Phi) is 4.48. The Morgan fingerprint density at radius 2 is 2.00 bits per heavy atom. The van der Waals surface area contributed by atoms with E-state index in [2.05, 4.69) is 4.52 Å². The second-order valence-electron chi connectivity index (χ2n) is 2.87. The van der Waals surface area contributed by atoms with E-state index in [-0.39, 0.29) is 25.7 Å². The van der Waals surface area contributed by atoms with Crippen molar-refractivity contribution in [2.45, 2.75) is 24.7 Å². The van der Waals surface area contributed by atoms with Gasteiger partial charge in [-0.15, -0.1) is 0 Å². The molecule has 4 N–H and O–H groups in total. The Hall–Kier alpha value is 0.190. The van der Waals surface area contributed by atoms with Crippen LogP contribution in [0.4, 0.5) is 0 Å². The van der Waals surface area contributed by atoms with Crippen LogP contribution in [-0.2, 0) is 9.26 Å². The van der Waals surface area contributed by atoms with Crippen LogP contribution in [0.15, 0.2) is 0 Å². The van der Waals surface area contributed by atoms with Gasteiger partial charge in [-0.05, 0) is 0 Å². The minimum absolute atomic E-state index is 0.0164. The molecule has 0 amide bonds. The Morgan fingerprint density at radius 1 is 1.31 bits per heavy atom. The molecule has 1 saturated heterocycles. The van der Waals surface area contributed by atoms with Gasteiger partial charge in [-0.1, -0.05) is 0 Å². The summed E-state index contributed by atoms with van der Waals surface area (Å²) in [5, 5.41) is 18.3. The SMILES string of the molecule is OC1COC(COP(O)O)CC1O. The molecule has 0 aromatic heterocycles. The lowest BCUT2D eigenvalue weighted by Crippen LogP contribution is -2.42. The third-order valence-electron chi connectivity index (χ3n) is 1.83. The third kappa shape index (κ3) is 3.83. The van der Waals surface area contributed by atoms with Crippen molar-refractivity contribution in [3.63, 3.8) is 0 Å². The minimum Gasteiger partial charge on any atom is -0.390 e. The molecule has 1 fully saturated rings. The van der Waals surface area contributed by atoms with E-state index in [1.54, 1.807) is 0 Å². The predicted octanol–water partition coefficient (Wildman–Crippen LogP) is -1.27. The molecule has 0 radical (unpaired) electrons. The smallest absolute Gasteiger partial charge is 0.327 e. The monoisotopic (exact) mass is 212 g/mol. The Morgan fingerprint density at radius 3 is 2.54 bits per heavy atom. The molecule has 13 heavy (non-hydrogen) atoms. The van der Waals surface area contributed by atoms with E-state index in [1.165, 1.54) is 0 Å². The van der Waals surface area contributed by atoms with Gasteiger partial charge in [0.25, 0.3) is 0 Å². The molecule has 0 spiro atoms. The topological polar surface area (TPSA) is 99.4 Å². The lowest BCUT2D eigenvalue weighted by molar-refractivity contribution is -0.129. The van der Waals surface area contributed by atoms with Gasteiger partial charge in [0.15, 0.2) is 0 Å². The van der Waals surface area contributed by atoms with E-state index in [9.17, 15) is 5.11 Å². The molecular formula is C6H13O6P. The first-order valence-corrected chi connectivity index (χ1v) is 5.04. The van der Waals surface area contributed by atoms with Gasteiger partial charge >= 0.3 is 8.60 Å². The number of rotatable bonds is 3. The standard InChI is InChI=1S/C6H13O6P/c7-5-1-4(2-12-13(9)10)11-3-6(5)8/h4-10H,1-3H2. The molecule has 7 heteroatoms. The lowest BCUT2D eigenvalue weighted by Gasteiger charge is -2.30. The van der Waals surface area contributed by atoms with E-state index >= 15 is 0 Å². The number of hydrogen-bond donors (Lipinski definition) is 4. The zero-order valence-electron chi connectivity index (χ0n) is 6.91. The lowest BCUT2D eigenvalue weighted by atomic mass is 10.0. The van der Waals surface area contributed by atoms with Gasteiger partial charge in [0.2, 0.25) is 0 Å². The number of aliphatic hydroxyl groups excluding tert-OH is 2. The van der Waals surface area contributed by atoms with Crippen LogP contribution in [0, 0.1) is 0 Å². The second kappa shape index (κ2) is 5.17. The molecule has 1 aliphatic heterocycles. The summed E-state index contributed by atoms with van der Waals surface area (Å²) in [4.78, 5) is 16.9. The summed E-state index contributed by atoms with van der Waals surface area (Å²) < 4.78 is 9.59. The maximum absolute atomic E-state index is 9.21. The van der Waals surface area contributed by atoms with Crippen LogP contribution in [0.1, 0.15) is 6.42 Å². The van der Waals surface area contributed by atoms with Crippen LogP contribution in [0.2, 0.25) is 0 Å². The number of hydrogen-bond acceptors (Lipinski definition) is 6. The zero-order valence-corrected chi connectivity index (χ0v) is 7.80. The van der Waals surface area contributed by atoms with Gasteiger partial charge in [-0.25, -0.2) is 0 Å². The molecule has 3 atom stereocenters. The predicted molar refractivity (Wildman–Crippen MR) is 43.7 cm³/mol. The third-order valence-corrected chi connectivity index (χ3v) is 2.21. The van der Waals surface area contributed by atoms with Crippen LogP contribution in [0.5, 0.6) is 0 Å². The fourth-order valence-electron chi connectivity index (χ4n) is 1.11. The van der Waals surface area contributed by atoms with E-state index in [4.69, 9.17) is 19.6 Å². The first kappa shape index (κ1) is 11.3. The largest absolute Gasteiger partial charge is 0.390 e. The van der Waals surface area contributed by atoms with Crippen LogP contribution in [-0.4, -0.2) is 51.5 Å². The van der Waals surface area contributed by atoms with Crippen molar-refractivity contribution in [2.75, 3.05) is 13.2 Å². The van der Waals surface area contributed by atoms with Gasteiger partial charge in [0.1, 0.15) is 6.10 Å². The van der Waals surface area contributed by atoms with Gasteiger partial charge in [-0.2, -0.15) is 0 Å². The van der Waals surface area contributed by atoms with Gasteiger partial charge in [-0.3, -0.25) is 0 Å². The molecule has 0 bridgehead atoms. The Balaban J connectivity index is 2.21. The first-order chi connectivity index (χ1) is 6.09. The highest BCUT2D eigenvalue weighted by Crippen LogP contribution is 2.26. The average molecular weight is 212 g/mol. The summed E-state index contributed by atoms with van der Waals surface area (Å²) in [6.07, 6.45) is -1.83. The summed E-state index contributed by atoms with van der Waals surface area (Å²) in [6.45, 7) is 0.0620. The van der Waals surface area contributed by atoms with E-state index in [0.717, 1.165) is 0 Å². The maximum Gasteiger partial charge on any atom is 0.327 e. The van der Waals surface area contributed by atoms with Crippen molar-refractivity contribution >= 4 is 8.60 Å². The zero-order chi connectivity index (χ0) is 9.84. The van der Waals surface area contributed by atoms with Crippen molar-refractivity contribution < 1.29 is 29.3 Å². The molecule has 0 aromatic carbocycles. The second-order valence-corrected chi connectivity index (χ2v) is 3.64. The summed E-state index contributed by atoms with van der Waals surface area (Å²) in [7, 11) is -2.37. The first-order valence-electron chi connectivity index (χ1n) is 3.88. The van der Waals surface area contributed by atoms with E-state index in [1.807, 2.05) is 0 Å². The fraction of sp³-hybridized carbons (Fsp3) is 1.00. The molecule has 78 valence electrons. The summed E-state index contributed by atoms with van der Waals surface area (Å²) >= 11 is 0. The fourth-order valence-corrected chi connectivity index (χ4v) is 1.41. The van der Waals surface area contributed by atoms with Crippen LogP contribution < -0.4 is 0 Å². The van der Waals surface area contributed by atoms with Crippen LogP contribution >= 0.6 is 8.60 Å². The molecule has 1 heterocycles.